The zero-order valence-corrected chi connectivity index (χ0v) is 15.5. The van der Waals surface area contributed by atoms with Gasteiger partial charge in [0, 0.05) is 13.1 Å². The predicted molar refractivity (Wildman–Crippen MR) is 96.8 cm³/mol. The van der Waals surface area contributed by atoms with Gasteiger partial charge < -0.3 is 4.74 Å². The van der Waals surface area contributed by atoms with E-state index in [1.54, 1.807) is 42.5 Å². The highest BCUT2D eigenvalue weighted by molar-refractivity contribution is 7.92. The first-order valence-corrected chi connectivity index (χ1v) is 10.7. The Labute approximate surface area is 148 Å². The number of para-hydroxylation sites is 2. The lowest BCUT2D eigenvalue weighted by Crippen LogP contribution is -2.38. The molecule has 7 nitrogen and oxygen atoms in total. The van der Waals surface area contributed by atoms with Crippen LogP contribution in [0.5, 0.6) is 5.75 Å². The van der Waals surface area contributed by atoms with E-state index in [0.29, 0.717) is 11.4 Å². The van der Waals surface area contributed by atoms with E-state index in [1.165, 1.54) is 19.2 Å². The molecule has 0 aliphatic heterocycles. The van der Waals surface area contributed by atoms with Crippen molar-refractivity contribution in [2.24, 2.45) is 0 Å². The van der Waals surface area contributed by atoms with E-state index in [1.807, 2.05) is 0 Å². The van der Waals surface area contributed by atoms with Crippen molar-refractivity contribution < 1.29 is 21.6 Å². The topological polar surface area (TPSA) is 92.8 Å². The summed E-state index contributed by atoms with van der Waals surface area (Å²) >= 11 is 0. The molecule has 0 aromatic heterocycles. The molecule has 1 N–H and O–H groups in total. The Morgan fingerprint density at radius 3 is 2.16 bits per heavy atom. The summed E-state index contributed by atoms with van der Waals surface area (Å²) in [5.41, 5.74) is 0.353. The summed E-state index contributed by atoms with van der Waals surface area (Å²) < 4.78 is 57.4. The first kappa shape index (κ1) is 19.2. The lowest BCUT2D eigenvalue weighted by molar-refractivity contribution is 0.415. The van der Waals surface area contributed by atoms with E-state index >= 15 is 0 Å². The summed E-state index contributed by atoms with van der Waals surface area (Å²) in [6, 6.07) is 14.5. The maximum absolute atomic E-state index is 12.2. The van der Waals surface area contributed by atoms with Crippen LogP contribution in [0.2, 0.25) is 0 Å². The highest BCUT2D eigenvalue weighted by Gasteiger charge is 2.21. The smallest absolute Gasteiger partial charge is 0.240 e. The quantitative estimate of drug-likeness (QED) is 0.743. The third kappa shape index (κ3) is 4.94. The van der Waals surface area contributed by atoms with Crippen LogP contribution in [0.1, 0.15) is 0 Å². The van der Waals surface area contributed by atoms with E-state index in [0.717, 1.165) is 10.6 Å². The second kappa shape index (κ2) is 7.85. The summed E-state index contributed by atoms with van der Waals surface area (Å²) in [7, 11) is -5.87. The van der Waals surface area contributed by atoms with Crippen molar-refractivity contribution in [2.45, 2.75) is 4.90 Å². The fourth-order valence-electron chi connectivity index (χ4n) is 2.27. The molecule has 136 valence electrons. The summed E-state index contributed by atoms with van der Waals surface area (Å²) in [4.78, 5) is 0.123. The van der Waals surface area contributed by atoms with Gasteiger partial charge in [0.05, 0.1) is 23.9 Å². The van der Waals surface area contributed by atoms with Crippen molar-refractivity contribution in [3.63, 3.8) is 0 Å². The number of benzene rings is 2. The average molecular weight is 384 g/mol. The molecule has 0 aliphatic carbocycles. The van der Waals surface area contributed by atoms with Gasteiger partial charge in [-0.05, 0) is 24.3 Å². The van der Waals surface area contributed by atoms with Gasteiger partial charge in [0.25, 0.3) is 0 Å². The fraction of sp³-hybridized carbons (Fsp3) is 0.250. The van der Waals surface area contributed by atoms with Crippen LogP contribution in [-0.4, -0.2) is 43.3 Å². The number of hydrogen-bond acceptors (Lipinski definition) is 5. The average Bonchev–Trinajstić information content (AvgIpc) is 2.58. The number of nitrogens with zero attached hydrogens (tertiary/aromatic N) is 1. The van der Waals surface area contributed by atoms with E-state index in [9.17, 15) is 16.8 Å². The second-order valence-corrected chi connectivity index (χ2v) is 8.89. The number of nitrogens with one attached hydrogen (secondary N) is 1. The summed E-state index contributed by atoms with van der Waals surface area (Å²) in [5.74, 6) is 0.388. The molecule has 0 bridgehead atoms. The van der Waals surface area contributed by atoms with Crippen LogP contribution in [0.15, 0.2) is 59.5 Å². The van der Waals surface area contributed by atoms with Crippen LogP contribution in [0.3, 0.4) is 0 Å². The maximum atomic E-state index is 12.2. The van der Waals surface area contributed by atoms with Gasteiger partial charge in [-0.3, -0.25) is 4.31 Å². The molecule has 2 rings (SSSR count). The van der Waals surface area contributed by atoms with Gasteiger partial charge in [-0.2, -0.15) is 0 Å². The number of sulfonamides is 2. The molecule has 9 heteroatoms. The molecule has 0 aliphatic rings. The van der Waals surface area contributed by atoms with E-state index < -0.39 is 20.0 Å². The molecule has 0 spiro atoms. The minimum Gasteiger partial charge on any atom is -0.495 e. The molecule has 0 saturated heterocycles. The molecular formula is C16H20N2O5S2. The van der Waals surface area contributed by atoms with Crippen molar-refractivity contribution in [1.29, 1.82) is 0 Å². The van der Waals surface area contributed by atoms with Crippen LogP contribution in [0, 0.1) is 0 Å². The first-order chi connectivity index (χ1) is 11.8. The molecule has 0 amide bonds. The lowest BCUT2D eigenvalue weighted by atomic mass is 10.3. The number of rotatable bonds is 8. The van der Waals surface area contributed by atoms with Gasteiger partial charge >= 0.3 is 0 Å². The molecule has 0 atom stereocenters. The van der Waals surface area contributed by atoms with Gasteiger partial charge in [0.15, 0.2) is 0 Å². The minimum atomic E-state index is -3.70. The highest BCUT2D eigenvalue weighted by atomic mass is 32.2. The molecule has 2 aromatic carbocycles. The highest BCUT2D eigenvalue weighted by Crippen LogP contribution is 2.29. The number of anilines is 1. The Bertz CT molecular complexity index is 913. The molecule has 0 saturated carbocycles. The van der Waals surface area contributed by atoms with Crippen LogP contribution in [-0.2, 0) is 20.0 Å². The largest absolute Gasteiger partial charge is 0.495 e. The van der Waals surface area contributed by atoms with Gasteiger partial charge in [-0.15, -0.1) is 0 Å². The lowest BCUT2D eigenvalue weighted by Gasteiger charge is -2.24. The van der Waals surface area contributed by atoms with E-state index in [4.69, 9.17) is 4.74 Å². The van der Waals surface area contributed by atoms with Gasteiger partial charge in [0.1, 0.15) is 5.75 Å². The fourth-order valence-corrected chi connectivity index (χ4v) is 4.24. The van der Waals surface area contributed by atoms with Crippen molar-refractivity contribution in [2.75, 3.05) is 30.8 Å². The van der Waals surface area contributed by atoms with E-state index in [2.05, 4.69) is 4.72 Å². The normalized spacial score (nSPS) is 11.9. The molecular weight excluding hydrogens is 364 g/mol. The van der Waals surface area contributed by atoms with Crippen molar-refractivity contribution in [3.8, 4) is 5.75 Å². The zero-order valence-electron chi connectivity index (χ0n) is 13.9. The molecule has 25 heavy (non-hydrogen) atoms. The van der Waals surface area contributed by atoms with Gasteiger partial charge in [-0.1, -0.05) is 30.3 Å². The van der Waals surface area contributed by atoms with Crippen molar-refractivity contribution >= 4 is 25.7 Å². The standard InChI is InChI=1S/C16H20N2O5S2/c1-23-16-11-7-6-10-15(16)18(24(2,19)20)13-12-17-25(21,22)14-8-4-3-5-9-14/h3-11,17H,12-13H2,1-2H3. The predicted octanol–water partition coefficient (Wildman–Crippen LogP) is 1.44. The molecule has 0 heterocycles. The number of hydrogen-bond donors (Lipinski definition) is 1. The molecule has 0 fully saturated rings. The third-order valence-corrected chi connectivity index (χ3v) is 6.07. The van der Waals surface area contributed by atoms with Crippen LogP contribution < -0.4 is 13.8 Å². The van der Waals surface area contributed by atoms with Crippen LogP contribution in [0.4, 0.5) is 5.69 Å². The summed E-state index contributed by atoms with van der Waals surface area (Å²) in [5, 5.41) is 0. The minimum absolute atomic E-state index is 0.0642. The second-order valence-electron chi connectivity index (χ2n) is 5.22. The monoisotopic (exact) mass is 384 g/mol. The van der Waals surface area contributed by atoms with Crippen LogP contribution in [0.25, 0.3) is 0 Å². The van der Waals surface area contributed by atoms with Gasteiger partial charge in [0.2, 0.25) is 20.0 Å². The van der Waals surface area contributed by atoms with Crippen LogP contribution >= 0.6 is 0 Å². The maximum Gasteiger partial charge on any atom is 0.240 e. The Morgan fingerprint density at radius 2 is 1.56 bits per heavy atom. The summed E-state index contributed by atoms with van der Waals surface area (Å²) in [6.45, 7) is -0.145. The molecule has 0 radical (unpaired) electrons. The SMILES string of the molecule is COc1ccccc1N(CCNS(=O)(=O)c1ccccc1)S(C)(=O)=O. The third-order valence-electron chi connectivity index (χ3n) is 3.41. The Hall–Kier alpha value is -2.10. The number of methoxy groups -OCH3 is 1. The van der Waals surface area contributed by atoms with Crippen molar-refractivity contribution in [1.82, 2.24) is 4.72 Å². The van der Waals surface area contributed by atoms with Gasteiger partial charge in [-0.25, -0.2) is 21.6 Å². The Balaban J connectivity index is 2.17. The number of ether oxygens (including phenoxy) is 1. The van der Waals surface area contributed by atoms with Crippen molar-refractivity contribution in [3.05, 3.63) is 54.6 Å². The Morgan fingerprint density at radius 1 is 0.960 bits per heavy atom. The molecule has 0 unspecified atom stereocenters. The molecule has 2 aromatic rings. The van der Waals surface area contributed by atoms with E-state index in [-0.39, 0.29) is 18.0 Å². The first-order valence-electron chi connectivity index (χ1n) is 7.41. The zero-order chi connectivity index (χ0) is 18.5. The summed E-state index contributed by atoms with van der Waals surface area (Å²) in [6.07, 6.45) is 1.06. The Kier molecular flexibility index (Phi) is 6.04.